The van der Waals surface area contributed by atoms with Crippen LogP contribution in [-0.4, -0.2) is 68.2 Å². The number of amides is 2. The van der Waals surface area contributed by atoms with E-state index in [1.807, 2.05) is 20.8 Å². The molecule has 0 radical (unpaired) electrons. The molecule has 36 heavy (non-hydrogen) atoms. The number of nitrogens with zero attached hydrogens (tertiary/aromatic N) is 1. The van der Waals surface area contributed by atoms with Crippen molar-refractivity contribution >= 4 is 11.8 Å². The Morgan fingerprint density at radius 3 is 1.86 bits per heavy atom. The van der Waals surface area contributed by atoms with E-state index in [0.29, 0.717) is 45.1 Å². The number of ether oxygens (including phenoxy) is 1. The van der Waals surface area contributed by atoms with Gasteiger partial charge >= 0.3 is 0 Å². The van der Waals surface area contributed by atoms with Gasteiger partial charge in [0.1, 0.15) is 0 Å². The van der Waals surface area contributed by atoms with Crippen LogP contribution in [0.1, 0.15) is 119 Å². The van der Waals surface area contributed by atoms with E-state index in [1.165, 1.54) is 64.2 Å². The quantitative estimate of drug-likeness (QED) is 0.167. The van der Waals surface area contributed by atoms with Gasteiger partial charge in [0.05, 0.1) is 12.7 Å². The highest BCUT2D eigenvalue weighted by Crippen LogP contribution is 2.17. The summed E-state index contributed by atoms with van der Waals surface area (Å²) in [6.07, 6.45) is 14.0. The maximum absolute atomic E-state index is 12.5. The van der Waals surface area contributed by atoms with Gasteiger partial charge in [0, 0.05) is 45.1 Å². The molecule has 0 fully saturated rings. The van der Waals surface area contributed by atoms with Crippen molar-refractivity contribution in [2.75, 3.05) is 39.3 Å². The van der Waals surface area contributed by atoms with Crippen LogP contribution in [0.3, 0.4) is 0 Å². The second-order valence-electron chi connectivity index (χ2n) is 11.7. The largest absolute Gasteiger partial charge is 0.373 e. The first kappa shape index (κ1) is 34.8. The Morgan fingerprint density at radius 1 is 0.833 bits per heavy atom. The molecule has 1 unspecified atom stereocenters. The summed E-state index contributed by atoms with van der Waals surface area (Å²) in [6, 6.07) is 0.426. The van der Waals surface area contributed by atoms with E-state index in [2.05, 4.69) is 36.3 Å². The first-order chi connectivity index (χ1) is 17.1. The molecule has 7 heteroatoms. The fraction of sp³-hybridized carbons (Fsp3) is 0.931. The normalized spacial score (nSPS) is 12.8. The Balaban J connectivity index is 4.19. The monoisotopic (exact) mass is 512 g/mol. The summed E-state index contributed by atoms with van der Waals surface area (Å²) < 4.78 is 5.74. The van der Waals surface area contributed by atoms with Crippen molar-refractivity contribution in [3.05, 3.63) is 0 Å². The summed E-state index contributed by atoms with van der Waals surface area (Å²) in [5, 5.41) is 5.91. The highest BCUT2D eigenvalue weighted by Gasteiger charge is 2.18. The van der Waals surface area contributed by atoms with E-state index in [0.717, 1.165) is 13.1 Å². The Hall–Kier alpha value is -1.18. The lowest BCUT2D eigenvalue weighted by Gasteiger charge is -2.26. The van der Waals surface area contributed by atoms with Crippen LogP contribution >= 0.6 is 0 Å². The number of carbonyl (C=O) groups is 2. The second kappa shape index (κ2) is 21.9. The zero-order chi connectivity index (χ0) is 27.2. The van der Waals surface area contributed by atoms with Crippen LogP contribution in [0.4, 0.5) is 0 Å². The Kier molecular flexibility index (Phi) is 21.1. The van der Waals surface area contributed by atoms with Crippen LogP contribution in [0, 0.1) is 5.41 Å². The number of carbonyl (C=O) groups excluding carboxylic acids is 2. The Morgan fingerprint density at radius 2 is 1.36 bits per heavy atom. The molecular formula is C29H60N4O3. The van der Waals surface area contributed by atoms with E-state index in [9.17, 15) is 9.59 Å². The molecule has 0 heterocycles. The number of nitrogens with one attached hydrogen (secondary N) is 2. The SMILES string of the molecule is CCCCCCCCCCCCN(CCC(=O)NCC(CNC(=O)CC(C)(C)C)OCCN)C(C)C. The van der Waals surface area contributed by atoms with Crippen molar-refractivity contribution < 1.29 is 14.3 Å². The van der Waals surface area contributed by atoms with Crippen LogP contribution < -0.4 is 16.4 Å². The Labute approximate surface area is 223 Å². The van der Waals surface area contributed by atoms with Crippen molar-refractivity contribution in [1.82, 2.24) is 15.5 Å². The van der Waals surface area contributed by atoms with Crippen molar-refractivity contribution in [2.24, 2.45) is 11.1 Å². The van der Waals surface area contributed by atoms with Crippen LogP contribution in [0.2, 0.25) is 0 Å². The molecule has 0 aromatic rings. The molecule has 1 atom stereocenters. The zero-order valence-corrected chi connectivity index (χ0v) is 24.6. The zero-order valence-electron chi connectivity index (χ0n) is 24.6. The Bertz CT molecular complexity index is 549. The lowest BCUT2D eigenvalue weighted by molar-refractivity contribution is -0.123. The minimum absolute atomic E-state index is 0.00489. The molecule has 0 aliphatic rings. The molecule has 214 valence electrons. The molecular weight excluding hydrogens is 452 g/mol. The summed E-state index contributed by atoms with van der Waals surface area (Å²) in [5.74, 6) is 0.0146. The average Bonchev–Trinajstić information content (AvgIpc) is 2.80. The van der Waals surface area contributed by atoms with Crippen LogP contribution in [0.15, 0.2) is 0 Å². The van der Waals surface area contributed by atoms with Gasteiger partial charge in [0.15, 0.2) is 0 Å². The first-order valence-corrected chi connectivity index (χ1v) is 14.7. The van der Waals surface area contributed by atoms with Crippen molar-refractivity contribution in [3.8, 4) is 0 Å². The van der Waals surface area contributed by atoms with Crippen molar-refractivity contribution in [3.63, 3.8) is 0 Å². The highest BCUT2D eigenvalue weighted by atomic mass is 16.5. The van der Waals surface area contributed by atoms with Gasteiger partial charge in [-0.2, -0.15) is 0 Å². The van der Waals surface area contributed by atoms with E-state index in [-0.39, 0.29) is 23.3 Å². The molecule has 0 spiro atoms. The van der Waals surface area contributed by atoms with Gasteiger partial charge in [0.25, 0.3) is 0 Å². The molecule has 0 rings (SSSR count). The number of nitrogens with two attached hydrogens (primary N) is 1. The van der Waals surface area contributed by atoms with Crippen LogP contribution in [-0.2, 0) is 14.3 Å². The second-order valence-corrected chi connectivity index (χ2v) is 11.7. The predicted molar refractivity (Wildman–Crippen MR) is 152 cm³/mol. The molecule has 4 N–H and O–H groups in total. The van der Waals surface area contributed by atoms with E-state index in [1.54, 1.807) is 0 Å². The van der Waals surface area contributed by atoms with E-state index < -0.39 is 0 Å². The minimum atomic E-state index is -0.283. The maximum atomic E-state index is 12.5. The predicted octanol–water partition coefficient (Wildman–Crippen LogP) is 5.02. The number of unbranched alkanes of at least 4 members (excludes halogenated alkanes) is 9. The smallest absolute Gasteiger partial charge is 0.221 e. The number of hydrogen-bond donors (Lipinski definition) is 3. The van der Waals surface area contributed by atoms with Gasteiger partial charge in [-0.05, 0) is 32.2 Å². The van der Waals surface area contributed by atoms with Gasteiger partial charge in [-0.25, -0.2) is 0 Å². The van der Waals surface area contributed by atoms with E-state index in [4.69, 9.17) is 10.5 Å². The summed E-state index contributed by atoms with van der Waals surface area (Å²) in [7, 11) is 0. The third-order valence-corrected chi connectivity index (χ3v) is 6.37. The van der Waals surface area contributed by atoms with Crippen LogP contribution in [0.5, 0.6) is 0 Å². The summed E-state index contributed by atoms with van der Waals surface area (Å²) in [6.45, 7) is 16.1. The van der Waals surface area contributed by atoms with Gasteiger partial charge in [0.2, 0.25) is 11.8 Å². The molecule has 2 amide bonds. The number of rotatable bonds is 23. The van der Waals surface area contributed by atoms with Crippen LogP contribution in [0.25, 0.3) is 0 Å². The van der Waals surface area contributed by atoms with Gasteiger partial charge < -0.3 is 26.0 Å². The molecule has 0 saturated heterocycles. The van der Waals surface area contributed by atoms with Gasteiger partial charge in [-0.15, -0.1) is 0 Å². The molecule has 0 aliphatic heterocycles. The van der Waals surface area contributed by atoms with E-state index >= 15 is 0 Å². The molecule has 7 nitrogen and oxygen atoms in total. The lowest BCUT2D eigenvalue weighted by atomic mass is 9.92. The highest BCUT2D eigenvalue weighted by molar-refractivity contribution is 5.77. The fourth-order valence-electron chi connectivity index (χ4n) is 4.19. The van der Waals surface area contributed by atoms with Gasteiger partial charge in [-0.1, -0.05) is 85.5 Å². The summed E-state index contributed by atoms with van der Waals surface area (Å²) >= 11 is 0. The third-order valence-electron chi connectivity index (χ3n) is 6.37. The average molecular weight is 513 g/mol. The van der Waals surface area contributed by atoms with Crippen molar-refractivity contribution in [1.29, 1.82) is 0 Å². The molecule has 0 aromatic carbocycles. The molecule has 0 bridgehead atoms. The molecule has 0 aromatic heterocycles. The van der Waals surface area contributed by atoms with Gasteiger partial charge in [-0.3, -0.25) is 9.59 Å². The third kappa shape index (κ3) is 22.1. The maximum Gasteiger partial charge on any atom is 0.221 e. The van der Waals surface area contributed by atoms with Crippen molar-refractivity contribution in [2.45, 2.75) is 131 Å². The lowest BCUT2D eigenvalue weighted by Crippen LogP contribution is -2.43. The summed E-state index contributed by atoms with van der Waals surface area (Å²) in [5.41, 5.74) is 5.50. The topological polar surface area (TPSA) is 96.7 Å². The fourth-order valence-corrected chi connectivity index (χ4v) is 4.19. The minimum Gasteiger partial charge on any atom is -0.373 e. The number of hydrogen-bond acceptors (Lipinski definition) is 5. The standard InChI is InChI=1S/C29H60N4O3/c1-7-8-9-10-11-12-13-14-15-16-19-33(25(2)3)20-17-27(34)31-23-26(36-21-18-30)24-32-28(35)22-29(4,5)6/h25-26H,7-24,30H2,1-6H3,(H,31,34)(H,32,35). The molecule has 0 saturated carbocycles. The summed E-state index contributed by atoms with van der Waals surface area (Å²) in [4.78, 5) is 27.1. The molecule has 0 aliphatic carbocycles. The first-order valence-electron chi connectivity index (χ1n) is 14.7.